The number of amides is 2. The number of carbonyl (C=O) groups is 2. The predicted molar refractivity (Wildman–Crippen MR) is 55.4 cm³/mol. The van der Waals surface area contributed by atoms with E-state index in [0.717, 1.165) is 0 Å². The highest BCUT2D eigenvalue weighted by molar-refractivity contribution is 5.87. The quantitative estimate of drug-likeness (QED) is 0.678. The lowest BCUT2D eigenvalue weighted by atomic mass is 10.0. The van der Waals surface area contributed by atoms with Gasteiger partial charge in [-0.3, -0.25) is 9.59 Å². The molecule has 0 aliphatic carbocycles. The Kier molecular flexibility index (Phi) is 5.39. The number of nitrogens with one attached hydrogen (secondary N) is 1. The molecule has 0 aliphatic rings. The molecule has 5 nitrogen and oxygen atoms in total. The van der Waals surface area contributed by atoms with E-state index in [1.165, 1.54) is 0 Å². The molecule has 0 aromatic heterocycles. The number of hydrogen-bond donors (Lipinski definition) is 2. The molecule has 0 saturated heterocycles. The average molecular weight is 211 g/mol. The minimum atomic E-state index is -0.755. The summed E-state index contributed by atoms with van der Waals surface area (Å²) < 4.78 is 0. The third-order valence-electron chi connectivity index (χ3n) is 1.99. The number of carbonyl (C=O) groups excluding carboxylic acids is 2. The van der Waals surface area contributed by atoms with Crippen molar-refractivity contribution in [3.8, 4) is 6.07 Å². The van der Waals surface area contributed by atoms with E-state index in [0.29, 0.717) is 0 Å². The second kappa shape index (κ2) is 6.02. The summed E-state index contributed by atoms with van der Waals surface area (Å²) in [7, 11) is 0. The van der Waals surface area contributed by atoms with E-state index < -0.39 is 11.9 Å². The van der Waals surface area contributed by atoms with Crippen LogP contribution in [0.4, 0.5) is 0 Å². The Morgan fingerprint density at radius 2 is 1.93 bits per heavy atom. The minimum Gasteiger partial charge on any atom is -0.368 e. The Morgan fingerprint density at radius 3 is 2.27 bits per heavy atom. The van der Waals surface area contributed by atoms with E-state index in [4.69, 9.17) is 11.0 Å². The number of primary amides is 1. The second-order valence-corrected chi connectivity index (χ2v) is 3.88. The molecule has 0 spiro atoms. The summed E-state index contributed by atoms with van der Waals surface area (Å²) in [5.74, 6) is -1.35. The first kappa shape index (κ1) is 13.4. The molecule has 0 unspecified atom stereocenters. The van der Waals surface area contributed by atoms with Crippen LogP contribution in [0, 0.1) is 23.2 Å². The van der Waals surface area contributed by atoms with Crippen LogP contribution in [0.25, 0.3) is 0 Å². The number of nitriles is 1. The normalized spacial score (nSPS) is 14.1. The Hall–Kier alpha value is -1.57. The number of nitrogens with zero attached hydrogens (tertiary/aromatic N) is 1. The van der Waals surface area contributed by atoms with Crippen LogP contribution in [0.3, 0.4) is 0 Å². The molecule has 3 N–H and O–H groups in total. The molecular formula is C10H17N3O2. The smallest absolute Gasteiger partial charge is 0.240 e. The predicted octanol–water partition coefficient (Wildman–Crippen LogP) is 0.162. The first-order chi connectivity index (χ1) is 6.88. The van der Waals surface area contributed by atoms with E-state index in [9.17, 15) is 9.59 Å². The van der Waals surface area contributed by atoms with Crippen LogP contribution in [0.15, 0.2) is 0 Å². The van der Waals surface area contributed by atoms with Crippen LogP contribution in [-0.2, 0) is 9.59 Å². The van der Waals surface area contributed by atoms with Gasteiger partial charge >= 0.3 is 0 Å². The summed E-state index contributed by atoms with van der Waals surface area (Å²) in [4.78, 5) is 22.3. The molecule has 0 fully saturated rings. The molecule has 0 rings (SSSR count). The second-order valence-electron chi connectivity index (χ2n) is 3.88. The van der Waals surface area contributed by atoms with E-state index in [2.05, 4.69) is 5.32 Å². The van der Waals surface area contributed by atoms with Gasteiger partial charge in [-0.25, -0.2) is 0 Å². The van der Waals surface area contributed by atoms with Crippen LogP contribution < -0.4 is 11.1 Å². The van der Waals surface area contributed by atoms with Crippen molar-refractivity contribution < 1.29 is 9.59 Å². The molecule has 2 atom stereocenters. The SMILES string of the molecule is CC(C)C(=O)N[C@H](C[C@H](C)C#N)C(N)=O. The summed E-state index contributed by atoms with van der Waals surface area (Å²) >= 11 is 0. The number of hydrogen-bond acceptors (Lipinski definition) is 3. The van der Waals surface area contributed by atoms with Gasteiger partial charge in [0.25, 0.3) is 0 Å². The lowest BCUT2D eigenvalue weighted by Crippen LogP contribution is -2.46. The van der Waals surface area contributed by atoms with Crippen molar-refractivity contribution in [2.75, 3.05) is 0 Å². The van der Waals surface area contributed by atoms with Crippen molar-refractivity contribution in [1.82, 2.24) is 5.32 Å². The van der Waals surface area contributed by atoms with Gasteiger partial charge in [0.15, 0.2) is 0 Å². The van der Waals surface area contributed by atoms with Crippen molar-refractivity contribution in [1.29, 1.82) is 5.26 Å². The van der Waals surface area contributed by atoms with Crippen LogP contribution >= 0.6 is 0 Å². The highest BCUT2D eigenvalue weighted by Gasteiger charge is 2.21. The van der Waals surface area contributed by atoms with Crippen LogP contribution in [-0.4, -0.2) is 17.9 Å². The average Bonchev–Trinajstić information content (AvgIpc) is 2.15. The molecule has 0 aromatic carbocycles. The zero-order chi connectivity index (χ0) is 12.0. The molecule has 0 saturated carbocycles. The van der Waals surface area contributed by atoms with E-state index in [1.807, 2.05) is 6.07 Å². The van der Waals surface area contributed by atoms with E-state index in [-0.39, 0.29) is 24.2 Å². The van der Waals surface area contributed by atoms with Crippen LogP contribution in [0.2, 0.25) is 0 Å². The zero-order valence-corrected chi connectivity index (χ0v) is 9.28. The van der Waals surface area contributed by atoms with E-state index in [1.54, 1.807) is 20.8 Å². The van der Waals surface area contributed by atoms with Crippen molar-refractivity contribution in [3.05, 3.63) is 0 Å². The molecule has 0 aliphatic heterocycles. The summed E-state index contributed by atoms with van der Waals surface area (Å²) in [6.45, 7) is 5.12. The Morgan fingerprint density at radius 1 is 1.40 bits per heavy atom. The van der Waals surface area contributed by atoms with Crippen molar-refractivity contribution in [2.24, 2.45) is 17.6 Å². The summed E-state index contributed by atoms with van der Waals surface area (Å²) in [6, 6.07) is 1.24. The topological polar surface area (TPSA) is 96.0 Å². The standard InChI is InChI=1S/C10H17N3O2/c1-6(2)10(15)13-8(9(12)14)4-7(3)5-11/h6-8H,4H2,1-3H3,(H2,12,14)(H,13,15)/t7-,8+/m0/s1. The third-order valence-corrected chi connectivity index (χ3v) is 1.99. The minimum absolute atomic E-state index is 0.204. The van der Waals surface area contributed by atoms with Crippen molar-refractivity contribution in [3.63, 3.8) is 0 Å². The maximum Gasteiger partial charge on any atom is 0.240 e. The van der Waals surface area contributed by atoms with Gasteiger partial charge in [0, 0.05) is 11.8 Å². The fraction of sp³-hybridized carbons (Fsp3) is 0.700. The lowest BCUT2D eigenvalue weighted by molar-refractivity contribution is -0.129. The first-order valence-corrected chi connectivity index (χ1v) is 4.87. The van der Waals surface area contributed by atoms with Gasteiger partial charge in [-0.1, -0.05) is 13.8 Å². The van der Waals surface area contributed by atoms with Crippen molar-refractivity contribution in [2.45, 2.75) is 33.2 Å². The Labute approximate surface area is 89.6 Å². The third kappa shape index (κ3) is 5.01. The van der Waals surface area contributed by atoms with Gasteiger partial charge in [-0.15, -0.1) is 0 Å². The molecule has 2 amide bonds. The molecular weight excluding hydrogens is 194 g/mol. The van der Waals surface area contributed by atoms with Gasteiger partial charge in [0.2, 0.25) is 11.8 Å². The maximum absolute atomic E-state index is 11.3. The fourth-order valence-electron chi connectivity index (χ4n) is 0.991. The van der Waals surface area contributed by atoms with Crippen LogP contribution in [0.5, 0.6) is 0 Å². The molecule has 0 radical (unpaired) electrons. The van der Waals surface area contributed by atoms with Gasteiger partial charge in [0.05, 0.1) is 6.07 Å². The number of rotatable bonds is 5. The monoisotopic (exact) mass is 211 g/mol. The van der Waals surface area contributed by atoms with Gasteiger partial charge < -0.3 is 11.1 Å². The first-order valence-electron chi connectivity index (χ1n) is 4.87. The largest absolute Gasteiger partial charge is 0.368 e. The zero-order valence-electron chi connectivity index (χ0n) is 9.28. The number of nitrogens with two attached hydrogens (primary N) is 1. The van der Waals surface area contributed by atoms with Gasteiger partial charge in [0.1, 0.15) is 6.04 Å². The molecule has 0 heterocycles. The lowest BCUT2D eigenvalue weighted by Gasteiger charge is -2.17. The van der Waals surface area contributed by atoms with Crippen LogP contribution in [0.1, 0.15) is 27.2 Å². The van der Waals surface area contributed by atoms with E-state index >= 15 is 0 Å². The van der Waals surface area contributed by atoms with Gasteiger partial charge in [-0.05, 0) is 13.3 Å². The molecule has 5 heteroatoms. The van der Waals surface area contributed by atoms with Crippen molar-refractivity contribution >= 4 is 11.8 Å². The molecule has 0 bridgehead atoms. The molecule has 84 valence electrons. The highest BCUT2D eigenvalue weighted by Crippen LogP contribution is 2.05. The maximum atomic E-state index is 11.3. The van der Waals surface area contributed by atoms with Gasteiger partial charge in [-0.2, -0.15) is 5.26 Å². The summed E-state index contributed by atoms with van der Waals surface area (Å²) in [6.07, 6.45) is 0.254. The summed E-state index contributed by atoms with van der Waals surface area (Å²) in [5, 5.41) is 11.1. The molecule has 15 heavy (non-hydrogen) atoms. The molecule has 0 aromatic rings. The highest BCUT2D eigenvalue weighted by atomic mass is 16.2. The summed E-state index contributed by atoms with van der Waals surface area (Å²) in [5.41, 5.74) is 5.13. The Bertz CT molecular complexity index is 281. The fourth-order valence-corrected chi connectivity index (χ4v) is 0.991. The Balaban J connectivity index is 4.37.